The quantitative estimate of drug-likeness (QED) is 0.696. The molecule has 1 aliphatic carbocycles. The lowest BCUT2D eigenvalue weighted by atomic mass is 10.2. The molecule has 15 heavy (non-hydrogen) atoms. The van der Waals surface area contributed by atoms with Crippen LogP contribution in [-0.4, -0.2) is 44.1 Å². The summed E-state index contributed by atoms with van der Waals surface area (Å²) in [5.74, 6) is 0. The Bertz CT molecular complexity index is 317. The number of sulfonamides is 1. The molecule has 2 N–H and O–H groups in total. The standard InChI is InChI=1S/C9H17NO4S/c11-7-9(3-4-9)10-15(12,13)8-1-5-14-6-2-8/h8,10-11H,1-7H2. The Morgan fingerprint density at radius 2 is 1.93 bits per heavy atom. The summed E-state index contributed by atoms with van der Waals surface area (Å²) in [6.45, 7) is 0.921. The van der Waals surface area contributed by atoms with Gasteiger partial charge in [-0.15, -0.1) is 0 Å². The minimum absolute atomic E-state index is 0.102. The first-order chi connectivity index (χ1) is 7.08. The van der Waals surface area contributed by atoms with Gasteiger partial charge < -0.3 is 9.84 Å². The van der Waals surface area contributed by atoms with Crippen LogP contribution in [0.15, 0.2) is 0 Å². The Balaban J connectivity index is 1.99. The molecule has 0 amide bonds. The summed E-state index contributed by atoms with van der Waals surface area (Å²) in [5, 5.41) is 8.72. The highest BCUT2D eigenvalue weighted by Gasteiger charge is 2.46. The van der Waals surface area contributed by atoms with E-state index in [2.05, 4.69) is 4.72 Å². The Labute approximate surface area is 89.9 Å². The van der Waals surface area contributed by atoms with E-state index in [1.807, 2.05) is 0 Å². The molecular weight excluding hydrogens is 218 g/mol. The molecule has 0 aromatic rings. The Morgan fingerprint density at radius 3 is 2.40 bits per heavy atom. The van der Waals surface area contributed by atoms with E-state index in [-0.39, 0.29) is 11.9 Å². The van der Waals surface area contributed by atoms with Gasteiger partial charge in [0.05, 0.1) is 17.4 Å². The van der Waals surface area contributed by atoms with Gasteiger partial charge >= 0.3 is 0 Å². The van der Waals surface area contributed by atoms with Gasteiger partial charge in [0.25, 0.3) is 0 Å². The maximum Gasteiger partial charge on any atom is 0.215 e. The maximum absolute atomic E-state index is 11.9. The van der Waals surface area contributed by atoms with Crippen LogP contribution in [-0.2, 0) is 14.8 Å². The summed E-state index contributed by atoms with van der Waals surface area (Å²) in [6, 6.07) is 0. The molecule has 0 bridgehead atoms. The fourth-order valence-corrected chi connectivity index (χ4v) is 3.67. The van der Waals surface area contributed by atoms with Crippen molar-refractivity contribution < 1.29 is 18.3 Å². The zero-order valence-electron chi connectivity index (χ0n) is 8.61. The minimum atomic E-state index is -3.28. The second-order valence-electron chi connectivity index (χ2n) is 4.40. The number of ether oxygens (including phenoxy) is 1. The molecule has 1 saturated heterocycles. The molecule has 0 aromatic carbocycles. The number of rotatable bonds is 4. The van der Waals surface area contributed by atoms with Crippen molar-refractivity contribution in [3.63, 3.8) is 0 Å². The van der Waals surface area contributed by atoms with Gasteiger partial charge in [-0.05, 0) is 25.7 Å². The van der Waals surface area contributed by atoms with Gasteiger partial charge in [-0.2, -0.15) is 0 Å². The fourth-order valence-electron chi connectivity index (χ4n) is 1.81. The largest absolute Gasteiger partial charge is 0.394 e. The number of aliphatic hydroxyl groups is 1. The van der Waals surface area contributed by atoms with Crippen LogP contribution in [0.3, 0.4) is 0 Å². The van der Waals surface area contributed by atoms with Crippen LogP contribution >= 0.6 is 0 Å². The summed E-state index contributed by atoms with van der Waals surface area (Å²) in [6.07, 6.45) is 2.59. The monoisotopic (exact) mass is 235 g/mol. The van der Waals surface area contributed by atoms with Crippen LogP contribution in [0, 0.1) is 0 Å². The van der Waals surface area contributed by atoms with E-state index in [4.69, 9.17) is 9.84 Å². The van der Waals surface area contributed by atoms with Gasteiger partial charge in [0, 0.05) is 13.2 Å². The smallest absolute Gasteiger partial charge is 0.215 e. The normalized spacial score (nSPS) is 26.5. The van der Waals surface area contributed by atoms with E-state index in [0.717, 1.165) is 12.8 Å². The van der Waals surface area contributed by atoms with Gasteiger partial charge in [-0.25, -0.2) is 13.1 Å². The second-order valence-corrected chi connectivity index (χ2v) is 6.36. The van der Waals surface area contributed by atoms with Crippen molar-refractivity contribution in [2.45, 2.75) is 36.5 Å². The molecule has 1 saturated carbocycles. The highest BCUT2D eigenvalue weighted by atomic mass is 32.2. The Hall–Kier alpha value is -0.170. The van der Waals surface area contributed by atoms with Gasteiger partial charge in [0.2, 0.25) is 10.0 Å². The van der Waals surface area contributed by atoms with Gasteiger partial charge in [-0.3, -0.25) is 0 Å². The number of hydrogen-bond donors (Lipinski definition) is 2. The van der Waals surface area contributed by atoms with Crippen LogP contribution in [0.4, 0.5) is 0 Å². The molecule has 2 aliphatic rings. The van der Waals surface area contributed by atoms with Crippen molar-refractivity contribution in [3.8, 4) is 0 Å². The van der Waals surface area contributed by atoms with Crippen LogP contribution in [0.1, 0.15) is 25.7 Å². The predicted octanol–water partition coefficient (Wildman–Crippen LogP) is -0.390. The van der Waals surface area contributed by atoms with E-state index < -0.39 is 15.6 Å². The van der Waals surface area contributed by atoms with Gasteiger partial charge in [-0.1, -0.05) is 0 Å². The van der Waals surface area contributed by atoms with Crippen molar-refractivity contribution in [2.75, 3.05) is 19.8 Å². The molecule has 1 heterocycles. The zero-order valence-corrected chi connectivity index (χ0v) is 9.42. The molecule has 0 radical (unpaired) electrons. The molecule has 1 aliphatic heterocycles. The maximum atomic E-state index is 11.9. The van der Waals surface area contributed by atoms with Crippen molar-refractivity contribution in [1.82, 2.24) is 4.72 Å². The Morgan fingerprint density at radius 1 is 1.33 bits per heavy atom. The third-order valence-electron chi connectivity index (χ3n) is 3.12. The third-order valence-corrected chi connectivity index (χ3v) is 5.19. The Kier molecular flexibility index (Phi) is 3.03. The molecule has 88 valence electrons. The average Bonchev–Trinajstić information content (AvgIpc) is 2.99. The van der Waals surface area contributed by atoms with Crippen LogP contribution in [0.25, 0.3) is 0 Å². The van der Waals surface area contributed by atoms with Crippen LogP contribution in [0.2, 0.25) is 0 Å². The van der Waals surface area contributed by atoms with E-state index >= 15 is 0 Å². The molecule has 2 rings (SSSR count). The van der Waals surface area contributed by atoms with Crippen molar-refractivity contribution in [2.24, 2.45) is 0 Å². The summed E-state index contributed by atoms with van der Waals surface area (Å²) < 4.78 is 31.6. The molecule has 6 heteroatoms. The molecule has 2 fully saturated rings. The predicted molar refractivity (Wildman–Crippen MR) is 54.9 cm³/mol. The molecule has 0 atom stereocenters. The lowest BCUT2D eigenvalue weighted by molar-refractivity contribution is 0.0979. The third kappa shape index (κ3) is 2.50. The first kappa shape index (κ1) is 11.3. The summed E-state index contributed by atoms with van der Waals surface area (Å²) in [5.41, 5.74) is -0.545. The molecule has 0 aromatic heterocycles. The summed E-state index contributed by atoms with van der Waals surface area (Å²) in [7, 11) is -3.28. The van der Waals surface area contributed by atoms with Crippen LogP contribution < -0.4 is 4.72 Å². The first-order valence-corrected chi connectivity index (χ1v) is 6.84. The fraction of sp³-hybridized carbons (Fsp3) is 1.00. The zero-order chi connectivity index (χ0) is 10.9. The first-order valence-electron chi connectivity index (χ1n) is 5.29. The van der Waals surface area contributed by atoms with Crippen LogP contribution in [0.5, 0.6) is 0 Å². The lowest BCUT2D eigenvalue weighted by Crippen LogP contribution is -2.46. The van der Waals surface area contributed by atoms with Crippen molar-refractivity contribution >= 4 is 10.0 Å². The molecule has 0 unspecified atom stereocenters. The van der Waals surface area contributed by atoms with E-state index in [0.29, 0.717) is 26.1 Å². The van der Waals surface area contributed by atoms with Gasteiger partial charge in [0.15, 0.2) is 0 Å². The highest BCUT2D eigenvalue weighted by Crippen LogP contribution is 2.36. The lowest BCUT2D eigenvalue weighted by Gasteiger charge is -2.24. The number of nitrogens with one attached hydrogen (secondary N) is 1. The topological polar surface area (TPSA) is 75.6 Å². The van der Waals surface area contributed by atoms with Crippen molar-refractivity contribution in [1.29, 1.82) is 0 Å². The molecule has 5 nitrogen and oxygen atoms in total. The highest BCUT2D eigenvalue weighted by molar-refractivity contribution is 7.90. The second kappa shape index (κ2) is 4.01. The van der Waals surface area contributed by atoms with E-state index in [9.17, 15) is 8.42 Å². The van der Waals surface area contributed by atoms with E-state index in [1.165, 1.54) is 0 Å². The van der Waals surface area contributed by atoms with Crippen molar-refractivity contribution in [3.05, 3.63) is 0 Å². The average molecular weight is 235 g/mol. The number of hydrogen-bond acceptors (Lipinski definition) is 4. The minimum Gasteiger partial charge on any atom is -0.394 e. The molecular formula is C9H17NO4S. The SMILES string of the molecule is O=S(=O)(NC1(CO)CC1)C1CCOCC1. The van der Waals surface area contributed by atoms with Gasteiger partial charge in [0.1, 0.15) is 0 Å². The summed E-state index contributed by atoms with van der Waals surface area (Å²) >= 11 is 0. The summed E-state index contributed by atoms with van der Waals surface area (Å²) in [4.78, 5) is 0. The number of aliphatic hydroxyl groups excluding tert-OH is 1. The van der Waals surface area contributed by atoms with E-state index in [1.54, 1.807) is 0 Å². The molecule has 0 spiro atoms.